The lowest BCUT2D eigenvalue weighted by Gasteiger charge is -2.45. The summed E-state index contributed by atoms with van der Waals surface area (Å²) < 4.78 is 67.1. The second-order valence-electron chi connectivity index (χ2n) is 32.6. The average Bonchev–Trinajstić information content (AvgIpc) is 1.54. The third-order valence-corrected chi connectivity index (χ3v) is 29.8. The molecule has 3 spiro atoms. The smallest absolute Gasteiger partial charge is 0.355 e. The minimum atomic E-state index is -2.10. The van der Waals surface area contributed by atoms with E-state index in [-0.39, 0.29) is 118 Å². The van der Waals surface area contributed by atoms with E-state index in [1.807, 2.05) is 84.9 Å². The Balaban J connectivity index is 0.000000155. The molecular weight excluding hydrogens is 1320 g/mol. The Labute approximate surface area is 601 Å². The Hall–Kier alpha value is -6.05. The van der Waals surface area contributed by atoms with Gasteiger partial charge in [0.15, 0.2) is 38.2 Å². The van der Waals surface area contributed by atoms with Crippen LogP contribution in [0, 0.1) is 76.9 Å². The topological polar surface area (TPSA) is 277 Å². The van der Waals surface area contributed by atoms with Crippen molar-refractivity contribution in [2.24, 2.45) is 76.9 Å². The Morgan fingerprint density at radius 1 is 0.569 bits per heavy atom. The number of cyclic esters (lactones) is 3. The van der Waals surface area contributed by atoms with Crippen molar-refractivity contribution in [2.45, 2.75) is 237 Å². The van der Waals surface area contributed by atoms with Crippen LogP contribution in [-0.2, 0) is 80.6 Å². The van der Waals surface area contributed by atoms with Crippen LogP contribution in [0.2, 0.25) is 18.1 Å². The number of aromatic amines is 1. The first-order valence-corrected chi connectivity index (χ1v) is 39.6. The molecule has 7 heterocycles. The molecule has 6 aliphatic carbocycles. The minimum absolute atomic E-state index is 0.00422. The summed E-state index contributed by atoms with van der Waals surface area (Å²) >= 11 is 0. The lowest BCUT2D eigenvalue weighted by atomic mass is 9.58. The van der Waals surface area contributed by atoms with Gasteiger partial charge in [0.2, 0.25) is 0 Å². The summed E-state index contributed by atoms with van der Waals surface area (Å²) in [4.78, 5) is 95.7. The number of Topliss-reactive ketones (excluding diaryl/α,β-unsaturated/α-hetero) is 3. The van der Waals surface area contributed by atoms with Crippen molar-refractivity contribution < 1.29 is 95.6 Å². The number of methoxy groups -OCH3 is 3. The Bertz CT molecular complexity index is 3680. The molecule has 29 atom stereocenters. The molecule has 3 N–H and O–H groups in total. The van der Waals surface area contributed by atoms with Gasteiger partial charge >= 0.3 is 23.9 Å². The van der Waals surface area contributed by atoms with Gasteiger partial charge in [-0.2, -0.15) is 0 Å². The molecule has 1 saturated carbocycles. The molecule has 102 heavy (non-hydrogen) atoms. The van der Waals surface area contributed by atoms with E-state index in [2.05, 4.69) is 83.1 Å². The molecule has 12 aliphatic rings. The fourth-order valence-electron chi connectivity index (χ4n) is 19.1. The van der Waals surface area contributed by atoms with Crippen molar-refractivity contribution in [1.82, 2.24) is 4.98 Å². The summed E-state index contributed by atoms with van der Waals surface area (Å²) in [7, 11) is 2.36. The quantitative estimate of drug-likeness (QED) is 0.0850. The Kier molecular flexibility index (Phi) is 21.9. The fourth-order valence-corrected chi connectivity index (χ4v) is 20.5. The highest BCUT2D eigenvalue weighted by atomic mass is 28.4. The lowest BCUT2D eigenvalue weighted by Crippen LogP contribution is -2.55. The van der Waals surface area contributed by atoms with Crippen LogP contribution >= 0.6 is 0 Å². The van der Waals surface area contributed by atoms with Gasteiger partial charge in [0.1, 0.15) is 58.8 Å². The largest absolute Gasteiger partial charge is 0.457 e. The van der Waals surface area contributed by atoms with Crippen molar-refractivity contribution in [2.75, 3.05) is 21.3 Å². The Morgan fingerprint density at radius 3 is 1.34 bits per heavy atom. The molecule has 6 aliphatic heterocycles. The molecule has 4 fully saturated rings. The number of rotatable bonds is 10. The highest BCUT2D eigenvalue weighted by Gasteiger charge is 2.71. The van der Waals surface area contributed by atoms with E-state index in [4.69, 9.17) is 51.8 Å². The van der Waals surface area contributed by atoms with Crippen molar-refractivity contribution in [1.29, 1.82) is 0 Å². The lowest BCUT2D eigenvalue weighted by molar-refractivity contribution is -0.172. The zero-order chi connectivity index (χ0) is 74.5. The van der Waals surface area contributed by atoms with Crippen LogP contribution in [0.4, 0.5) is 0 Å². The minimum Gasteiger partial charge on any atom is -0.457 e. The predicted octanol–water partition coefficient (Wildman–Crippen LogP) is 10.4. The van der Waals surface area contributed by atoms with Gasteiger partial charge in [0.05, 0.1) is 54.2 Å². The molecule has 0 amide bonds. The van der Waals surface area contributed by atoms with Gasteiger partial charge in [-0.3, -0.25) is 14.4 Å². The van der Waals surface area contributed by atoms with Gasteiger partial charge < -0.3 is 67.0 Å². The summed E-state index contributed by atoms with van der Waals surface area (Å²) in [5.41, 5.74) is 1.97. The van der Waals surface area contributed by atoms with Crippen LogP contribution < -0.4 is 0 Å². The first-order valence-electron chi connectivity index (χ1n) is 36.7. The normalized spacial score (nSPS) is 43.5. The number of ketones is 3. The fraction of sp³-hybridized carbons (Fsp3) is 0.662. The molecular formula is C80H109NO20Si. The van der Waals surface area contributed by atoms with Gasteiger partial charge in [-0.1, -0.05) is 103 Å². The second-order valence-corrected chi connectivity index (χ2v) is 37.4. The highest BCUT2D eigenvalue weighted by molar-refractivity contribution is 6.74. The number of aromatic nitrogens is 1. The maximum absolute atomic E-state index is 14.0. The summed E-state index contributed by atoms with van der Waals surface area (Å²) in [6, 6.07) is 3.33. The van der Waals surface area contributed by atoms with E-state index in [1.54, 1.807) is 46.2 Å². The summed E-state index contributed by atoms with van der Waals surface area (Å²) in [5, 5.41) is 20.6. The monoisotopic (exact) mass is 1430 g/mol. The summed E-state index contributed by atoms with van der Waals surface area (Å²) in [6.45, 7) is 33.6. The molecule has 12 bridgehead atoms. The van der Waals surface area contributed by atoms with Crippen LogP contribution in [-0.4, -0.2) is 182 Å². The number of nitrogens with one attached hydrogen (secondary N) is 1. The van der Waals surface area contributed by atoms with Crippen molar-refractivity contribution in [3.05, 3.63) is 119 Å². The van der Waals surface area contributed by atoms with Gasteiger partial charge in [0, 0.05) is 80.8 Å². The van der Waals surface area contributed by atoms with Crippen LogP contribution in [0.3, 0.4) is 0 Å². The van der Waals surface area contributed by atoms with E-state index < -0.39 is 116 Å². The number of allylic oxidation sites excluding steroid dienone is 2. The van der Waals surface area contributed by atoms with Crippen LogP contribution in [0.25, 0.3) is 0 Å². The van der Waals surface area contributed by atoms with Crippen molar-refractivity contribution in [3.8, 4) is 0 Å². The molecule has 1 aromatic rings. The van der Waals surface area contributed by atoms with E-state index in [9.17, 15) is 43.8 Å². The first-order chi connectivity index (χ1) is 47.9. The van der Waals surface area contributed by atoms with Gasteiger partial charge in [-0.25, -0.2) is 19.2 Å². The number of aliphatic hydroxyl groups is 2. The molecule has 1 aromatic heterocycles. The highest BCUT2D eigenvalue weighted by Crippen LogP contribution is 2.62. The zero-order valence-corrected chi connectivity index (χ0v) is 64.0. The summed E-state index contributed by atoms with van der Waals surface area (Å²) in [6.07, 6.45) is 16.9. The maximum atomic E-state index is 14.0. The third-order valence-electron chi connectivity index (χ3n) is 25.3. The molecule has 21 nitrogen and oxygen atoms in total. The number of carbonyl (C=O) groups is 7. The van der Waals surface area contributed by atoms with Crippen LogP contribution in [0.15, 0.2) is 113 Å². The van der Waals surface area contributed by atoms with Crippen molar-refractivity contribution >= 4 is 49.5 Å². The first kappa shape index (κ1) is 77.1. The molecule has 0 radical (unpaired) electrons. The molecule has 558 valence electrons. The van der Waals surface area contributed by atoms with E-state index in [1.165, 1.54) is 14.2 Å². The average molecular weight is 1430 g/mol. The molecule has 3 saturated heterocycles. The standard InChI is InChI=1S/C29H44O6Si.C28H35NO8.C23H30O6/c1-16-14-22-21-12-11-20-15-23(32-8)27(31)33-26(19(4)35-36(9,10)28(5,6)7)17(2)13-18(3)29(20,34-22)24(21)25(16)30;1-13-11-14(2)28-17(12-20(34-5)27(33)35-23(13)16(4)30)8-9-18-21(28)22(31)15(3)24(25(18)37-28)36-26(32)19-7-6-10-29-19;1-11-9-17-16-7-6-15-10-18(27-5)22(26)28-21(14(4)24)12(2)8-13(3)23(15,29-17)19(16)20(11)25/h11-14,17,19-24,26H,15H2,1-10H3;6-11,13,15-18,20-21,23-25,29-30H,12H2,1-5H3;6-9,12,14-19,21,24H,10H2,1-5H3/b18-13+;14-11+;13-8+/t17-,19-,20-,21+,22+,23+,24+,26+,29+;13-,15-,16-,17-,18-,20+,21+,23+,24-,25-,28+;12-,14-,15-,16+,17+,18+,19+,21+,23+/m111/s1. The van der Waals surface area contributed by atoms with Gasteiger partial charge in [-0.05, 0) is 145 Å². The number of aliphatic hydroxyl groups excluding tert-OH is 2. The van der Waals surface area contributed by atoms with Crippen LogP contribution in [0.1, 0.15) is 134 Å². The zero-order valence-electron chi connectivity index (χ0n) is 63.0. The maximum Gasteiger partial charge on any atom is 0.355 e. The number of carbonyl (C=O) groups excluding carboxylic acids is 7. The van der Waals surface area contributed by atoms with Gasteiger partial charge in [0.25, 0.3) is 0 Å². The summed E-state index contributed by atoms with van der Waals surface area (Å²) in [5.74, 6) is -5.13. The molecule has 0 unspecified atom stereocenters. The number of hydrogen-bond acceptors (Lipinski definition) is 20. The molecule has 13 rings (SSSR count). The number of H-pyrrole nitrogens is 1. The predicted molar refractivity (Wildman–Crippen MR) is 379 cm³/mol. The number of ether oxygens (including phenoxy) is 10. The van der Waals surface area contributed by atoms with Crippen LogP contribution in [0.5, 0.6) is 0 Å². The second kappa shape index (κ2) is 29.0. The number of esters is 4. The SMILES string of the molecule is CO[C@H]1C[C@H]2C=C[C@H]3[C@@H]4C=C(C)C(=O)[C@H]3[C@]2(O4)/C(C)=C/[C@@H](C)[C@@H]([C@@H](C)O)OC1=O.CO[C@H]1C[C@H]2C=C[C@H]3[C@@H]4C=C(C)C(=O)[C@H]3[C@]2(O4)/C(C)=C/[C@@H](C)[C@@H]([C@@H](C)O[Si](C)(C)C(C)(C)C)OC1=O.CO[C@H]1C[C@H]2C=C[C@H]3[C@H]4O[C@]2(/C(C)=C/[C@@H](C)[C@@H]([C@@H](C)O)OC1=O)[C@@H]3C(=O)[C@@H](C)[C@H]4OC(=O)c1ccc[nH]1. The van der Waals surface area contributed by atoms with E-state index in [0.717, 1.165) is 27.9 Å². The van der Waals surface area contributed by atoms with Crippen molar-refractivity contribution in [3.63, 3.8) is 0 Å². The van der Waals surface area contributed by atoms with E-state index >= 15 is 0 Å². The Morgan fingerprint density at radius 2 is 0.961 bits per heavy atom. The molecule has 0 aromatic carbocycles. The molecule has 22 heteroatoms. The third kappa shape index (κ3) is 13.1. The van der Waals surface area contributed by atoms with Gasteiger partial charge in [-0.15, -0.1) is 0 Å². The number of hydrogen-bond donors (Lipinski definition) is 3. The van der Waals surface area contributed by atoms with E-state index in [0.29, 0.717) is 18.5 Å².